The smallest absolute Gasteiger partial charge is 0.335 e. The number of aromatic hydroxyl groups is 1. The third kappa shape index (κ3) is 5.54. The summed E-state index contributed by atoms with van der Waals surface area (Å²) in [7, 11) is 0. The lowest BCUT2D eigenvalue weighted by Crippen LogP contribution is -2.62. The summed E-state index contributed by atoms with van der Waals surface area (Å²) in [4.78, 5) is 24.2. The average Bonchev–Trinajstić information content (AvgIpc) is 3.11. The van der Waals surface area contributed by atoms with E-state index in [1.54, 1.807) is 0 Å². The van der Waals surface area contributed by atoms with Crippen molar-refractivity contribution in [2.75, 3.05) is 6.61 Å². The fourth-order valence-electron chi connectivity index (χ4n) is 5.14. The topological polar surface area (TPSA) is 213 Å². The molecule has 1 aromatic carbocycles. The molecule has 1 saturated heterocycles. The quantitative estimate of drug-likeness (QED) is 0.161. The monoisotopic (exact) mass is 538 g/mol. The minimum atomic E-state index is -1.77. The number of carboxylic acid groups (broad SMARTS) is 1. The van der Waals surface area contributed by atoms with Gasteiger partial charge < -0.3 is 54.7 Å². The molecule has 0 unspecified atom stereocenters. The molecule has 0 bridgehead atoms. The lowest BCUT2D eigenvalue weighted by molar-refractivity contribution is -0.347. The molecule has 10 atom stereocenters. The van der Waals surface area contributed by atoms with Crippen molar-refractivity contribution < 1.29 is 64.3 Å². The Morgan fingerprint density at radius 2 is 1.82 bits per heavy atom. The molecule has 4 rings (SSSR count). The normalized spacial score (nSPS) is 38.8. The Balaban J connectivity index is 1.57. The lowest BCUT2D eigenvalue weighted by Gasteiger charge is -2.44. The number of benzene rings is 1. The predicted octanol–water partition coefficient (Wildman–Crippen LogP) is -1.15. The summed E-state index contributed by atoms with van der Waals surface area (Å²) in [6.45, 7) is 0.657. The lowest BCUT2D eigenvalue weighted by atomic mass is 9.81. The number of carbonyl (C=O) groups excluding carboxylic acids is 1. The Morgan fingerprint density at radius 1 is 1.13 bits per heavy atom. The van der Waals surface area contributed by atoms with Crippen molar-refractivity contribution in [3.8, 4) is 5.75 Å². The molecule has 2 heterocycles. The van der Waals surface area contributed by atoms with E-state index in [4.69, 9.17) is 18.9 Å². The molecule has 208 valence electrons. The van der Waals surface area contributed by atoms with E-state index >= 15 is 0 Å². The van der Waals surface area contributed by atoms with Gasteiger partial charge in [-0.15, -0.1) is 0 Å². The van der Waals surface area contributed by atoms with E-state index in [9.17, 15) is 45.3 Å². The number of carboxylic acids is 1. The van der Waals surface area contributed by atoms with E-state index in [-0.39, 0.29) is 17.7 Å². The zero-order chi connectivity index (χ0) is 27.8. The molecule has 2 fully saturated rings. The summed E-state index contributed by atoms with van der Waals surface area (Å²) in [6, 6.07) is 5.90. The molecular formula is C25H30O13. The number of ether oxygens (including phenoxy) is 4. The number of esters is 1. The van der Waals surface area contributed by atoms with Gasteiger partial charge in [0.15, 0.2) is 6.10 Å². The molecule has 1 saturated carbocycles. The Kier molecular flexibility index (Phi) is 8.09. The van der Waals surface area contributed by atoms with Crippen LogP contribution in [0.1, 0.15) is 18.9 Å². The van der Waals surface area contributed by atoms with Gasteiger partial charge in [0, 0.05) is 18.4 Å². The molecule has 38 heavy (non-hydrogen) atoms. The highest BCUT2D eigenvalue weighted by atomic mass is 16.8. The molecule has 13 nitrogen and oxygen atoms in total. The van der Waals surface area contributed by atoms with Crippen LogP contribution in [0.2, 0.25) is 0 Å². The third-order valence-corrected chi connectivity index (χ3v) is 7.02. The van der Waals surface area contributed by atoms with Gasteiger partial charge in [0.1, 0.15) is 24.1 Å². The van der Waals surface area contributed by atoms with Crippen molar-refractivity contribution in [3.05, 3.63) is 47.7 Å². The fraction of sp³-hybridized carbons (Fsp3) is 0.520. The molecule has 0 spiro atoms. The number of hydrogen-bond donors (Lipinski definition) is 7. The molecule has 3 aliphatic rings. The molecule has 1 aromatic rings. The summed E-state index contributed by atoms with van der Waals surface area (Å²) in [5.41, 5.74) is -1.35. The largest absolute Gasteiger partial charge is 0.508 e. The van der Waals surface area contributed by atoms with Crippen molar-refractivity contribution in [3.63, 3.8) is 0 Å². The van der Waals surface area contributed by atoms with Crippen LogP contribution >= 0.6 is 0 Å². The maximum atomic E-state index is 12.5. The van der Waals surface area contributed by atoms with Crippen LogP contribution in [0.15, 0.2) is 42.2 Å². The first kappa shape index (κ1) is 28.0. The number of rotatable bonds is 7. The van der Waals surface area contributed by atoms with Gasteiger partial charge in [-0.25, -0.2) is 9.59 Å². The third-order valence-electron chi connectivity index (χ3n) is 7.02. The molecule has 13 heteroatoms. The first-order chi connectivity index (χ1) is 17.9. The van der Waals surface area contributed by atoms with E-state index < -0.39 is 79.1 Å². The molecule has 2 aliphatic heterocycles. The Labute approximate surface area is 216 Å². The summed E-state index contributed by atoms with van der Waals surface area (Å²) in [6.07, 6.45) is -7.55. The Hall–Kier alpha value is -3.04. The van der Waals surface area contributed by atoms with Crippen molar-refractivity contribution in [2.45, 2.75) is 62.0 Å². The van der Waals surface area contributed by atoms with E-state index in [1.807, 2.05) is 0 Å². The molecular weight excluding hydrogens is 508 g/mol. The summed E-state index contributed by atoms with van der Waals surface area (Å²) in [5, 5.41) is 70.9. The number of fused-ring (bicyclic) bond motifs is 1. The van der Waals surface area contributed by atoms with Gasteiger partial charge in [0.05, 0.1) is 36.1 Å². The molecule has 0 aromatic heterocycles. The zero-order valence-electron chi connectivity index (χ0n) is 20.2. The van der Waals surface area contributed by atoms with Crippen LogP contribution in [0.5, 0.6) is 5.75 Å². The maximum absolute atomic E-state index is 12.5. The zero-order valence-corrected chi connectivity index (χ0v) is 20.2. The standard InChI is InChI=1S/C25H30O13/c1-25(34)8-14(28)17-13(22(32)33)10-35-23(18(17)25)38-24-21(20(31)19(30)15(9-26)36-24)37-16(29)7-4-11-2-5-12(27)6-3-11/h2-7,10,14-15,17-21,23-24,26-28,30-31,34H,8-9H2,1H3,(H,32,33)/b7-4-/t14-,15+,17-,18-,19+,20-,21+,23+,24-,25-/m1/s1. The molecule has 1 aliphatic carbocycles. The van der Waals surface area contributed by atoms with Crippen molar-refractivity contribution in [1.82, 2.24) is 0 Å². The van der Waals surface area contributed by atoms with Crippen molar-refractivity contribution in [1.29, 1.82) is 0 Å². The highest BCUT2D eigenvalue weighted by molar-refractivity contribution is 5.88. The minimum Gasteiger partial charge on any atom is -0.508 e. The second-order valence-electron chi connectivity index (χ2n) is 9.73. The van der Waals surface area contributed by atoms with Crippen LogP contribution in [0.25, 0.3) is 6.08 Å². The molecule has 0 radical (unpaired) electrons. The Morgan fingerprint density at radius 3 is 2.45 bits per heavy atom. The van der Waals surface area contributed by atoms with Gasteiger partial charge >= 0.3 is 11.9 Å². The van der Waals surface area contributed by atoms with Crippen LogP contribution in [0.4, 0.5) is 0 Å². The number of carbonyl (C=O) groups is 2. The van der Waals surface area contributed by atoms with Crippen molar-refractivity contribution >= 4 is 18.0 Å². The highest BCUT2D eigenvalue weighted by Gasteiger charge is 2.59. The number of aliphatic hydroxyl groups excluding tert-OH is 4. The summed E-state index contributed by atoms with van der Waals surface area (Å²) >= 11 is 0. The van der Waals surface area contributed by atoms with Crippen molar-refractivity contribution in [2.24, 2.45) is 11.8 Å². The van der Waals surface area contributed by atoms with Crippen LogP contribution in [0, 0.1) is 11.8 Å². The number of phenols is 1. The van der Waals surface area contributed by atoms with E-state index in [2.05, 4.69) is 0 Å². The number of hydrogen-bond acceptors (Lipinski definition) is 12. The number of phenolic OH excluding ortho intramolecular Hbond substituents is 1. The van der Waals surface area contributed by atoms with Gasteiger partial charge in [-0.2, -0.15) is 0 Å². The second-order valence-corrected chi connectivity index (χ2v) is 9.73. The van der Waals surface area contributed by atoms with Crippen LogP contribution in [-0.2, 0) is 28.5 Å². The van der Waals surface area contributed by atoms with Gasteiger partial charge in [0.2, 0.25) is 12.6 Å². The average molecular weight is 539 g/mol. The van der Waals surface area contributed by atoms with Gasteiger partial charge in [-0.1, -0.05) is 12.1 Å². The first-order valence-electron chi connectivity index (χ1n) is 11.9. The first-order valence-corrected chi connectivity index (χ1v) is 11.9. The summed E-state index contributed by atoms with van der Waals surface area (Å²) in [5.74, 6) is -4.43. The number of aliphatic hydroxyl groups is 5. The van der Waals surface area contributed by atoms with Gasteiger partial charge in [-0.05, 0) is 30.7 Å². The molecule has 0 amide bonds. The second kappa shape index (κ2) is 11.0. The SMILES string of the molecule is C[C@@]1(O)C[C@@H](O)[C@H]2C(C(=O)O)=CO[C@@H](O[C@H]3O[C@@H](CO)[C@H](O)[C@@H](O)[C@@H]3OC(=O)/C=C\c3ccc(O)cc3)[C@@H]21. The molecule has 7 N–H and O–H groups in total. The highest BCUT2D eigenvalue weighted by Crippen LogP contribution is 2.49. The van der Waals surface area contributed by atoms with Gasteiger partial charge in [-0.3, -0.25) is 0 Å². The minimum absolute atomic E-state index is 0.0332. The Bertz CT molecular complexity index is 1080. The van der Waals surface area contributed by atoms with E-state index in [0.717, 1.165) is 12.3 Å². The fourth-order valence-corrected chi connectivity index (χ4v) is 5.14. The number of aliphatic carboxylic acids is 1. The van der Waals surface area contributed by atoms with E-state index in [1.165, 1.54) is 37.3 Å². The van der Waals surface area contributed by atoms with Crippen LogP contribution in [0.3, 0.4) is 0 Å². The van der Waals surface area contributed by atoms with Gasteiger partial charge in [0.25, 0.3) is 0 Å². The summed E-state index contributed by atoms with van der Waals surface area (Å²) < 4.78 is 22.2. The van der Waals surface area contributed by atoms with Crippen LogP contribution < -0.4 is 0 Å². The van der Waals surface area contributed by atoms with Crippen LogP contribution in [-0.4, -0.2) is 103 Å². The predicted molar refractivity (Wildman–Crippen MR) is 125 cm³/mol. The maximum Gasteiger partial charge on any atom is 0.335 e. The van der Waals surface area contributed by atoms with E-state index in [0.29, 0.717) is 5.56 Å².